The molecule has 142 valence electrons. The van der Waals surface area contributed by atoms with Crippen LogP contribution in [0.25, 0.3) is 0 Å². The molecular formula is C19H25NO5S. The fraction of sp³-hybridized carbons (Fsp3) is 0.632. The van der Waals surface area contributed by atoms with Crippen LogP contribution in [0.4, 0.5) is 5.00 Å². The van der Waals surface area contributed by atoms with E-state index in [0.717, 1.165) is 36.1 Å². The summed E-state index contributed by atoms with van der Waals surface area (Å²) in [5.74, 6) is -0.332. The molecule has 1 amide bonds. The maximum atomic E-state index is 12.4. The van der Waals surface area contributed by atoms with Crippen LogP contribution < -0.4 is 5.32 Å². The monoisotopic (exact) mass is 379 g/mol. The molecule has 2 aliphatic rings. The molecule has 0 radical (unpaired) electrons. The fourth-order valence-corrected chi connectivity index (χ4v) is 4.73. The van der Waals surface area contributed by atoms with Crippen LogP contribution in [-0.4, -0.2) is 31.1 Å². The minimum Gasteiger partial charge on any atom is -0.462 e. The van der Waals surface area contributed by atoms with Gasteiger partial charge in [0.15, 0.2) is 6.61 Å². The molecule has 0 spiro atoms. The zero-order chi connectivity index (χ0) is 18.8. The Bertz CT molecular complexity index is 726. The van der Waals surface area contributed by atoms with Crippen LogP contribution >= 0.6 is 11.3 Å². The molecule has 0 saturated heterocycles. The van der Waals surface area contributed by atoms with Gasteiger partial charge in [-0.05, 0) is 50.0 Å². The Morgan fingerprint density at radius 2 is 1.96 bits per heavy atom. The van der Waals surface area contributed by atoms with Crippen molar-refractivity contribution < 1.29 is 23.9 Å². The molecule has 3 rings (SSSR count). The van der Waals surface area contributed by atoms with Gasteiger partial charge in [0.2, 0.25) is 0 Å². The van der Waals surface area contributed by atoms with E-state index >= 15 is 0 Å². The molecule has 6 nitrogen and oxygen atoms in total. The zero-order valence-electron chi connectivity index (χ0n) is 15.4. The van der Waals surface area contributed by atoms with Crippen LogP contribution in [0, 0.1) is 17.8 Å². The largest absolute Gasteiger partial charge is 0.462 e. The number of hydrogen-bond donors (Lipinski definition) is 1. The molecule has 2 aliphatic carbocycles. The van der Waals surface area contributed by atoms with Crippen LogP contribution in [0.15, 0.2) is 0 Å². The molecule has 1 N–H and O–H groups in total. The van der Waals surface area contributed by atoms with Gasteiger partial charge < -0.3 is 14.8 Å². The third-order valence-corrected chi connectivity index (χ3v) is 6.17. The van der Waals surface area contributed by atoms with E-state index in [1.807, 2.05) is 6.92 Å². The lowest BCUT2D eigenvalue weighted by Crippen LogP contribution is -2.22. The van der Waals surface area contributed by atoms with Crippen molar-refractivity contribution in [2.45, 2.75) is 46.5 Å². The molecule has 1 heterocycles. The topological polar surface area (TPSA) is 81.7 Å². The highest BCUT2D eigenvalue weighted by Crippen LogP contribution is 2.40. The third kappa shape index (κ3) is 4.09. The Kier molecular flexibility index (Phi) is 5.65. The van der Waals surface area contributed by atoms with Crippen LogP contribution in [0.2, 0.25) is 0 Å². The summed E-state index contributed by atoms with van der Waals surface area (Å²) in [5.41, 5.74) is 1.46. The van der Waals surface area contributed by atoms with Gasteiger partial charge in [-0.1, -0.05) is 13.8 Å². The summed E-state index contributed by atoms with van der Waals surface area (Å²) >= 11 is 1.43. The number of nitrogens with one attached hydrogen (secondary N) is 1. The minimum atomic E-state index is -0.427. The van der Waals surface area contributed by atoms with E-state index in [9.17, 15) is 14.4 Å². The molecule has 7 heteroatoms. The van der Waals surface area contributed by atoms with E-state index in [4.69, 9.17) is 9.47 Å². The quantitative estimate of drug-likeness (QED) is 0.768. The van der Waals surface area contributed by atoms with Gasteiger partial charge in [-0.2, -0.15) is 0 Å². The van der Waals surface area contributed by atoms with Crippen molar-refractivity contribution in [2.24, 2.45) is 17.8 Å². The number of fused-ring (bicyclic) bond motifs is 1. The van der Waals surface area contributed by atoms with Gasteiger partial charge in [-0.3, -0.25) is 9.59 Å². The van der Waals surface area contributed by atoms with E-state index in [-0.39, 0.29) is 25.1 Å². The lowest BCUT2D eigenvalue weighted by molar-refractivity contribution is -0.148. The zero-order valence-corrected chi connectivity index (χ0v) is 16.2. The minimum absolute atomic E-state index is 0.0755. The van der Waals surface area contributed by atoms with E-state index in [2.05, 4.69) is 12.2 Å². The SMILES string of the molecule is CCOC(=O)c1c(NC(=O)COC(=O)[C@@H]2C[C@@H]2C)sc2c1CC[C@@H](C)C2. The molecule has 0 aromatic carbocycles. The third-order valence-electron chi connectivity index (χ3n) is 5.00. The standard InChI is InChI=1S/C19H25NO5S/c1-4-24-19(23)16-12-6-5-10(2)7-14(12)26-17(16)20-15(21)9-25-18(22)13-8-11(13)3/h10-11,13H,4-9H2,1-3H3,(H,20,21)/t10-,11+,13-/m1/s1. The van der Waals surface area contributed by atoms with Gasteiger partial charge in [-0.15, -0.1) is 11.3 Å². The molecule has 3 atom stereocenters. The maximum Gasteiger partial charge on any atom is 0.341 e. The second-order valence-corrected chi connectivity index (χ2v) is 8.36. The van der Waals surface area contributed by atoms with Gasteiger partial charge in [-0.25, -0.2) is 4.79 Å². The number of amides is 1. The Morgan fingerprint density at radius 1 is 1.23 bits per heavy atom. The van der Waals surface area contributed by atoms with Crippen LogP contribution in [0.3, 0.4) is 0 Å². The van der Waals surface area contributed by atoms with E-state index in [1.165, 1.54) is 11.3 Å². The summed E-state index contributed by atoms with van der Waals surface area (Å²) in [6, 6.07) is 0. The van der Waals surface area contributed by atoms with Crippen LogP contribution in [0.5, 0.6) is 0 Å². The average Bonchev–Trinajstić information content (AvgIpc) is 3.21. The maximum absolute atomic E-state index is 12.4. The normalized spacial score (nSPS) is 23.7. The van der Waals surface area contributed by atoms with Crippen LogP contribution in [0.1, 0.15) is 54.4 Å². The van der Waals surface area contributed by atoms with Crippen molar-refractivity contribution in [3.05, 3.63) is 16.0 Å². The van der Waals surface area contributed by atoms with Crippen molar-refractivity contribution in [3.8, 4) is 0 Å². The van der Waals surface area contributed by atoms with Gasteiger partial charge in [0.1, 0.15) is 5.00 Å². The molecule has 0 aliphatic heterocycles. The van der Waals surface area contributed by atoms with Gasteiger partial charge in [0, 0.05) is 4.88 Å². The first-order valence-corrected chi connectivity index (χ1v) is 10.0. The molecule has 1 aromatic heterocycles. The molecule has 0 bridgehead atoms. The lowest BCUT2D eigenvalue weighted by Gasteiger charge is -2.18. The number of esters is 2. The van der Waals surface area contributed by atoms with Crippen molar-refractivity contribution in [1.29, 1.82) is 0 Å². The van der Waals surface area contributed by atoms with Gasteiger partial charge in [0.05, 0.1) is 18.1 Å². The van der Waals surface area contributed by atoms with Crippen molar-refractivity contribution in [1.82, 2.24) is 0 Å². The predicted octanol–water partition coefficient (Wildman–Crippen LogP) is 3.19. The lowest BCUT2D eigenvalue weighted by atomic mass is 9.88. The average molecular weight is 379 g/mol. The highest BCUT2D eigenvalue weighted by Gasteiger charge is 2.40. The highest BCUT2D eigenvalue weighted by molar-refractivity contribution is 7.17. The molecule has 1 fully saturated rings. The number of hydrogen-bond acceptors (Lipinski definition) is 6. The molecule has 1 saturated carbocycles. The molecule has 1 aromatic rings. The van der Waals surface area contributed by atoms with Crippen molar-refractivity contribution >= 4 is 34.2 Å². The predicted molar refractivity (Wildman–Crippen MR) is 98.3 cm³/mol. The number of anilines is 1. The summed E-state index contributed by atoms with van der Waals surface area (Å²) < 4.78 is 10.3. The first-order chi connectivity index (χ1) is 12.4. The first-order valence-electron chi connectivity index (χ1n) is 9.18. The smallest absolute Gasteiger partial charge is 0.341 e. The van der Waals surface area contributed by atoms with E-state index in [0.29, 0.717) is 22.4 Å². The highest BCUT2D eigenvalue weighted by atomic mass is 32.1. The Hall–Kier alpha value is -1.89. The summed E-state index contributed by atoms with van der Waals surface area (Å²) in [6.45, 7) is 5.88. The molecular weight excluding hydrogens is 354 g/mol. The summed E-state index contributed by atoms with van der Waals surface area (Å²) in [6.07, 6.45) is 3.55. The number of carbonyl (C=O) groups is 3. The molecule has 0 unspecified atom stereocenters. The summed E-state index contributed by atoms with van der Waals surface area (Å²) in [4.78, 5) is 37.5. The summed E-state index contributed by atoms with van der Waals surface area (Å²) in [5, 5.41) is 3.25. The van der Waals surface area contributed by atoms with Crippen molar-refractivity contribution in [2.75, 3.05) is 18.5 Å². The van der Waals surface area contributed by atoms with Crippen LogP contribution in [-0.2, 0) is 31.9 Å². The first kappa shape index (κ1) is 18.9. The second kappa shape index (κ2) is 7.78. The van der Waals surface area contributed by atoms with Gasteiger partial charge >= 0.3 is 11.9 Å². The fourth-order valence-electron chi connectivity index (χ4n) is 3.31. The number of thiophene rings is 1. The Labute approximate surface area is 157 Å². The summed E-state index contributed by atoms with van der Waals surface area (Å²) in [7, 11) is 0. The van der Waals surface area contributed by atoms with E-state index < -0.39 is 11.9 Å². The second-order valence-electron chi connectivity index (χ2n) is 7.25. The van der Waals surface area contributed by atoms with E-state index in [1.54, 1.807) is 6.92 Å². The number of rotatable bonds is 6. The Morgan fingerprint density at radius 3 is 2.62 bits per heavy atom. The van der Waals surface area contributed by atoms with Crippen molar-refractivity contribution in [3.63, 3.8) is 0 Å². The number of carbonyl (C=O) groups excluding carboxylic acids is 3. The van der Waals surface area contributed by atoms with Gasteiger partial charge in [0.25, 0.3) is 5.91 Å². The molecule has 26 heavy (non-hydrogen) atoms. The Balaban J connectivity index is 1.70. The number of ether oxygens (including phenoxy) is 2.